The van der Waals surface area contributed by atoms with Crippen molar-refractivity contribution >= 4 is 5.95 Å². The largest absolute Gasteiger partial charge is 0.250 e. The zero-order valence-electron chi connectivity index (χ0n) is 11.3. The molecule has 0 aliphatic rings. The van der Waals surface area contributed by atoms with Crippen LogP contribution in [-0.2, 0) is 0 Å². The third-order valence-electron chi connectivity index (χ3n) is 3.00. The quantitative estimate of drug-likeness (QED) is 0.622. The lowest BCUT2D eigenvalue weighted by molar-refractivity contribution is 0.867. The average molecular weight is 252 g/mol. The molecule has 1 aromatic carbocycles. The molecule has 0 aliphatic carbocycles. The van der Waals surface area contributed by atoms with Gasteiger partial charge in [0.2, 0.25) is 5.95 Å². The van der Waals surface area contributed by atoms with Gasteiger partial charge in [-0.25, -0.2) is 9.97 Å². The maximum atomic E-state index is 8.75. The van der Waals surface area contributed by atoms with Crippen LogP contribution < -0.4 is 4.90 Å². The van der Waals surface area contributed by atoms with E-state index in [2.05, 4.69) is 48.1 Å². The number of hydrogen-bond acceptors (Lipinski definition) is 4. The topological polar surface area (TPSA) is 52.8 Å². The summed E-state index contributed by atoms with van der Waals surface area (Å²) in [6.45, 7) is 4.34. The average Bonchev–Trinajstić information content (AvgIpc) is 2.46. The molecular weight excluding hydrogens is 236 g/mol. The van der Waals surface area contributed by atoms with Crippen molar-refractivity contribution in [2.75, 3.05) is 11.9 Å². The Hall–Kier alpha value is -2.41. The zero-order chi connectivity index (χ0) is 13.8. The van der Waals surface area contributed by atoms with Gasteiger partial charge in [0.25, 0.3) is 0 Å². The standard InChI is InChI=1S/C15H16N4/c1-11(2)12-4-6-13(7-5-12)14-8-17-15(18-9-14)19(3)10-16/h4-9,11H,1-3H3. The summed E-state index contributed by atoms with van der Waals surface area (Å²) in [5.41, 5.74) is 3.34. The van der Waals surface area contributed by atoms with Crippen molar-refractivity contribution in [3.63, 3.8) is 0 Å². The lowest BCUT2D eigenvalue weighted by atomic mass is 10.00. The number of aromatic nitrogens is 2. The second-order valence-corrected chi connectivity index (χ2v) is 4.71. The Balaban J connectivity index is 2.25. The maximum Gasteiger partial charge on any atom is 0.238 e. The summed E-state index contributed by atoms with van der Waals surface area (Å²) < 4.78 is 0. The van der Waals surface area contributed by atoms with Crippen LogP contribution in [0.15, 0.2) is 36.7 Å². The summed E-state index contributed by atoms with van der Waals surface area (Å²) >= 11 is 0. The van der Waals surface area contributed by atoms with Gasteiger partial charge in [0.15, 0.2) is 6.19 Å². The molecule has 0 atom stereocenters. The smallest absolute Gasteiger partial charge is 0.238 e. The summed E-state index contributed by atoms with van der Waals surface area (Å²) in [4.78, 5) is 9.68. The van der Waals surface area contributed by atoms with E-state index in [4.69, 9.17) is 5.26 Å². The van der Waals surface area contributed by atoms with Crippen LogP contribution in [0.5, 0.6) is 0 Å². The normalized spacial score (nSPS) is 10.3. The van der Waals surface area contributed by atoms with E-state index in [0.29, 0.717) is 11.9 Å². The summed E-state index contributed by atoms with van der Waals surface area (Å²) in [7, 11) is 1.63. The number of benzene rings is 1. The molecule has 0 bridgehead atoms. The molecule has 0 saturated carbocycles. The van der Waals surface area contributed by atoms with Crippen LogP contribution in [0.25, 0.3) is 11.1 Å². The molecule has 4 nitrogen and oxygen atoms in total. The maximum absolute atomic E-state index is 8.75. The molecule has 0 spiro atoms. The fourth-order valence-electron chi connectivity index (χ4n) is 1.75. The highest BCUT2D eigenvalue weighted by Crippen LogP contribution is 2.22. The van der Waals surface area contributed by atoms with Crippen molar-refractivity contribution in [2.24, 2.45) is 0 Å². The Bertz CT molecular complexity index is 579. The van der Waals surface area contributed by atoms with Gasteiger partial charge < -0.3 is 0 Å². The molecule has 0 aliphatic heterocycles. The van der Waals surface area contributed by atoms with E-state index in [1.165, 1.54) is 10.5 Å². The van der Waals surface area contributed by atoms with Gasteiger partial charge in [0.1, 0.15) is 0 Å². The van der Waals surface area contributed by atoms with Gasteiger partial charge in [-0.2, -0.15) is 5.26 Å². The number of nitrogens with zero attached hydrogens (tertiary/aromatic N) is 4. The Morgan fingerprint density at radius 3 is 2.11 bits per heavy atom. The molecule has 0 saturated heterocycles. The van der Waals surface area contributed by atoms with Crippen molar-refractivity contribution in [1.82, 2.24) is 9.97 Å². The first-order valence-corrected chi connectivity index (χ1v) is 6.17. The second kappa shape index (κ2) is 5.49. The molecule has 0 fully saturated rings. The van der Waals surface area contributed by atoms with Crippen molar-refractivity contribution in [2.45, 2.75) is 19.8 Å². The van der Waals surface area contributed by atoms with Crippen LogP contribution in [0.3, 0.4) is 0 Å². The van der Waals surface area contributed by atoms with Crippen molar-refractivity contribution < 1.29 is 0 Å². The number of hydrogen-bond donors (Lipinski definition) is 0. The highest BCUT2D eigenvalue weighted by atomic mass is 15.2. The van der Waals surface area contributed by atoms with Crippen LogP contribution in [0.4, 0.5) is 5.95 Å². The Morgan fingerprint density at radius 1 is 1.05 bits per heavy atom. The van der Waals surface area contributed by atoms with Gasteiger partial charge in [-0.15, -0.1) is 0 Å². The zero-order valence-corrected chi connectivity index (χ0v) is 11.3. The third kappa shape index (κ3) is 2.89. The Kier molecular flexibility index (Phi) is 3.76. The van der Waals surface area contributed by atoms with E-state index >= 15 is 0 Å². The first-order valence-electron chi connectivity index (χ1n) is 6.17. The molecule has 2 aromatic rings. The minimum Gasteiger partial charge on any atom is -0.250 e. The van der Waals surface area contributed by atoms with E-state index in [9.17, 15) is 0 Å². The first kappa shape index (κ1) is 13.0. The van der Waals surface area contributed by atoms with E-state index < -0.39 is 0 Å². The van der Waals surface area contributed by atoms with Crippen molar-refractivity contribution in [3.05, 3.63) is 42.2 Å². The molecule has 0 radical (unpaired) electrons. The molecule has 0 amide bonds. The minimum atomic E-state index is 0.407. The summed E-state index contributed by atoms with van der Waals surface area (Å²) in [5, 5.41) is 8.75. The fraction of sp³-hybridized carbons (Fsp3) is 0.267. The molecule has 96 valence electrons. The van der Waals surface area contributed by atoms with E-state index in [1.54, 1.807) is 19.4 Å². The monoisotopic (exact) mass is 252 g/mol. The SMILES string of the molecule is CC(C)c1ccc(-c2cnc(N(C)C#N)nc2)cc1. The number of nitriles is 1. The number of anilines is 1. The molecule has 4 heteroatoms. The second-order valence-electron chi connectivity index (χ2n) is 4.71. The van der Waals surface area contributed by atoms with Crippen LogP contribution >= 0.6 is 0 Å². The molecule has 1 aromatic heterocycles. The molecule has 19 heavy (non-hydrogen) atoms. The van der Waals surface area contributed by atoms with Gasteiger partial charge in [-0.05, 0) is 17.0 Å². The van der Waals surface area contributed by atoms with Crippen molar-refractivity contribution in [1.29, 1.82) is 5.26 Å². The predicted octanol–water partition coefficient (Wildman–Crippen LogP) is 3.18. The van der Waals surface area contributed by atoms with E-state index in [1.807, 2.05) is 6.19 Å². The highest BCUT2D eigenvalue weighted by molar-refractivity contribution is 5.62. The predicted molar refractivity (Wildman–Crippen MR) is 75.6 cm³/mol. The minimum absolute atomic E-state index is 0.407. The Labute approximate surface area is 113 Å². The molecule has 0 N–H and O–H groups in total. The lowest BCUT2D eigenvalue weighted by Crippen LogP contribution is -2.11. The Morgan fingerprint density at radius 2 is 1.63 bits per heavy atom. The summed E-state index contributed by atoms with van der Waals surface area (Å²) in [6.07, 6.45) is 5.44. The molecule has 2 rings (SSSR count). The summed E-state index contributed by atoms with van der Waals surface area (Å²) in [6, 6.07) is 8.38. The lowest BCUT2D eigenvalue weighted by Gasteiger charge is -2.08. The van der Waals surface area contributed by atoms with Crippen LogP contribution in [0.2, 0.25) is 0 Å². The van der Waals surface area contributed by atoms with Gasteiger partial charge in [-0.3, -0.25) is 4.90 Å². The van der Waals surface area contributed by atoms with Crippen molar-refractivity contribution in [3.8, 4) is 17.3 Å². The van der Waals surface area contributed by atoms with Crippen LogP contribution in [0, 0.1) is 11.5 Å². The highest BCUT2D eigenvalue weighted by Gasteiger charge is 2.05. The molecule has 0 unspecified atom stereocenters. The van der Waals surface area contributed by atoms with Crippen LogP contribution in [-0.4, -0.2) is 17.0 Å². The third-order valence-corrected chi connectivity index (χ3v) is 3.00. The summed E-state index contributed by atoms with van der Waals surface area (Å²) in [5.74, 6) is 0.932. The fourth-order valence-corrected chi connectivity index (χ4v) is 1.75. The van der Waals surface area contributed by atoms with Gasteiger partial charge in [0, 0.05) is 25.0 Å². The van der Waals surface area contributed by atoms with Gasteiger partial charge >= 0.3 is 0 Å². The molecule has 1 heterocycles. The van der Waals surface area contributed by atoms with Gasteiger partial charge in [-0.1, -0.05) is 38.1 Å². The van der Waals surface area contributed by atoms with E-state index in [-0.39, 0.29) is 0 Å². The van der Waals surface area contributed by atoms with E-state index in [0.717, 1.165) is 11.1 Å². The molecular formula is C15H16N4. The van der Waals surface area contributed by atoms with Crippen LogP contribution in [0.1, 0.15) is 25.3 Å². The number of rotatable bonds is 3. The van der Waals surface area contributed by atoms with Gasteiger partial charge in [0.05, 0.1) is 0 Å². The first-order chi connectivity index (χ1) is 9.11.